The van der Waals surface area contributed by atoms with Crippen LogP contribution in [-0.4, -0.2) is 23.7 Å². The number of aromatic hydroxyl groups is 1. The number of ketones is 1. The molecular formula is C17H13NO3. The second-order valence-electron chi connectivity index (χ2n) is 4.60. The highest BCUT2D eigenvalue weighted by molar-refractivity contribution is 6.52. The van der Waals surface area contributed by atoms with Gasteiger partial charge in [-0.2, -0.15) is 0 Å². The van der Waals surface area contributed by atoms with E-state index in [-0.39, 0.29) is 11.5 Å². The molecule has 0 bridgehead atoms. The number of allylic oxidation sites excluding steroid dienone is 1. The maximum absolute atomic E-state index is 12.4. The predicted octanol–water partition coefficient (Wildman–Crippen LogP) is 3.38. The van der Waals surface area contributed by atoms with E-state index in [1.807, 2.05) is 0 Å². The Labute approximate surface area is 122 Å². The van der Waals surface area contributed by atoms with Crippen LogP contribution in [0.4, 0.5) is 5.69 Å². The summed E-state index contributed by atoms with van der Waals surface area (Å²) < 4.78 is 5.08. The van der Waals surface area contributed by atoms with Gasteiger partial charge in [0.2, 0.25) is 5.78 Å². The van der Waals surface area contributed by atoms with Crippen molar-refractivity contribution >= 4 is 23.3 Å². The molecular weight excluding hydrogens is 266 g/mol. The zero-order valence-electron chi connectivity index (χ0n) is 11.4. The van der Waals surface area contributed by atoms with Crippen LogP contribution in [0.25, 0.3) is 6.08 Å². The SMILES string of the molecule is COc1ccc(N=C2C=Cc3c(O)cccc3C2=O)cc1. The number of aliphatic imine (C=N–C) groups is 1. The largest absolute Gasteiger partial charge is 0.507 e. The Hall–Kier alpha value is -2.88. The average Bonchev–Trinajstić information content (AvgIpc) is 2.51. The van der Waals surface area contributed by atoms with Crippen LogP contribution >= 0.6 is 0 Å². The van der Waals surface area contributed by atoms with Crippen LogP contribution in [0.5, 0.6) is 11.5 Å². The molecule has 0 amide bonds. The molecule has 2 aromatic rings. The summed E-state index contributed by atoms with van der Waals surface area (Å²) in [4.78, 5) is 16.7. The molecule has 0 saturated heterocycles. The van der Waals surface area contributed by atoms with Crippen molar-refractivity contribution in [3.8, 4) is 11.5 Å². The number of Topliss-reactive ketones (excluding diaryl/α,β-unsaturated/α-hetero) is 1. The Morgan fingerprint density at radius 3 is 2.52 bits per heavy atom. The van der Waals surface area contributed by atoms with Gasteiger partial charge >= 0.3 is 0 Å². The van der Waals surface area contributed by atoms with E-state index in [1.54, 1.807) is 61.7 Å². The van der Waals surface area contributed by atoms with Crippen molar-refractivity contribution in [2.24, 2.45) is 4.99 Å². The van der Waals surface area contributed by atoms with Crippen LogP contribution in [-0.2, 0) is 0 Å². The second-order valence-corrected chi connectivity index (χ2v) is 4.60. The molecule has 3 rings (SSSR count). The van der Waals surface area contributed by atoms with E-state index in [0.29, 0.717) is 22.5 Å². The third-order valence-corrected chi connectivity index (χ3v) is 3.29. The zero-order valence-corrected chi connectivity index (χ0v) is 11.4. The molecule has 0 unspecified atom stereocenters. The smallest absolute Gasteiger partial charge is 0.212 e. The first kappa shape index (κ1) is 13.1. The number of phenols is 1. The summed E-state index contributed by atoms with van der Waals surface area (Å²) in [5.41, 5.74) is 2.02. The van der Waals surface area contributed by atoms with Crippen molar-refractivity contribution in [2.45, 2.75) is 0 Å². The van der Waals surface area contributed by atoms with E-state index in [9.17, 15) is 9.90 Å². The first-order valence-electron chi connectivity index (χ1n) is 6.46. The van der Waals surface area contributed by atoms with Crippen LogP contribution in [0.1, 0.15) is 15.9 Å². The molecule has 0 radical (unpaired) electrons. The summed E-state index contributed by atoms with van der Waals surface area (Å²) in [6, 6.07) is 12.0. The number of fused-ring (bicyclic) bond motifs is 1. The Bertz CT molecular complexity index is 758. The van der Waals surface area contributed by atoms with Crippen LogP contribution in [0, 0.1) is 0 Å². The topological polar surface area (TPSA) is 58.9 Å². The van der Waals surface area contributed by atoms with E-state index in [2.05, 4.69) is 4.99 Å². The molecule has 1 N–H and O–H groups in total. The van der Waals surface area contributed by atoms with Gasteiger partial charge in [-0.1, -0.05) is 12.1 Å². The number of nitrogens with zero attached hydrogens (tertiary/aromatic N) is 1. The molecule has 0 heterocycles. The highest BCUT2D eigenvalue weighted by atomic mass is 16.5. The maximum atomic E-state index is 12.4. The molecule has 0 fully saturated rings. The number of benzene rings is 2. The van der Waals surface area contributed by atoms with E-state index < -0.39 is 0 Å². The van der Waals surface area contributed by atoms with Crippen LogP contribution in [0.2, 0.25) is 0 Å². The average molecular weight is 279 g/mol. The van der Waals surface area contributed by atoms with Gasteiger partial charge in [0.1, 0.15) is 17.2 Å². The Kier molecular flexibility index (Phi) is 3.28. The number of hydrogen-bond donors (Lipinski definition) is 1. The van der Waals surface area contributed by atoms with Crippen molar-refractivity contribution in [2.75, 3.05) is 7.11 Å². The third kappa shape index (κ3) is 2.43. The minimum absolute atomic E-state index is 0.0978. The molecule has 4 heteroatoms. The highest BCUT2D eigenvalue weighted by Gasteiger charge is 2.21. The van der Waals surface area contributed by atoms with Gasteiger partial charge in [-0.05, 0) is 42.5 Å². The predicted molar refractivity (Wildman–Crippen MR) is 81.6 cm³/mol. The molecule has 0 spiro atoms. The van der Waals surface area contributed by atoms with Gasteiger partial charge in [0.05, 0.1) is 12.8 Å². The summed E-state index contributed by atoms with van der Waals surface area (Å²) in [6.07, 6.45) is 3.32. The summed E-state index contributed by atoms with van der Waals surface area (Å²) >= 11 is 0. The molecule has 0 aromatic heterocycles. The Balaban J connectivity index is 1.98. The Morgan fingerprint density at radius 1 is 1.05 bits per heavy atom. The number of ether oxygens (including phenoxy) is 1. The Morgan fingerprint density at radius 2 is 1.81 bits per heavy atom. The summed E-state index contributed by atoms with van der Waals surface area (Å²) in [7, 11) is 1.59. The van der Waals surface area contributed by atoms with Gasteiger partial charge in [0, 0.05) is 11.1 Å². The van der Waals surface area contributed by atoms with Gasteiger partial charge in [-0.25, -0.2) is 4.99 Å². The van der Waals surface area contributed by atoms with E-state index in [0.717, 1.165) is 5.75 Å². The highest BCUT2D eigenvalue weighted by Crippen LogP contribution is 2.27. The zero-order chi connectivity index (χ0) is 14.8. The molecule has 1 aliphatic carbocycles. The molecule has 104 valence electrons. The molecule has 4 nitrogen and oxygen atoms in total. The summed E-state index contributed by atoms with van der Waals surface area (Å²) in [5, 5.41) is 9.75. The maximum Gasteiger partial charge on any atom is 0.212 e. The van der Waals surface area contributed by atoms with Gasteiger partial charge in [0.15, 0.2) is 0 Å². The van der Waals surface area contributed by atoms with Gasteiger partial charge in [-0.15, -0.1) is 0 Å². The molecule has 1 aliphatic rings. The first-order valence-corrected chi connectivity index (χ1v) is 6.46. The lowest BCUT2D eigenvalue weighted by Crippen LogP contribution is -2.16. The minimum Gasteiger partial charge on any atom is -0.507 e. The molecule has 0 aliphatic heterocycles. The fourth-order valence-corrected chi connectivity index (χ4v) is 2.19. The first-order chi connectivity index (χ1) is 10.2. The van der Waals surface area contributed by atoms with Crippen molar-refractivity contribution in [3.05, 3.63) is 59.7 Å². The quantitative estimate of drug-likeness (QED) is 0.916. The number of rotatable bonds is 2. The summed E-state index contributed by atoms with van der Waals surface area (Å²) in [6.45, 7) is 0. The van der Waals surface area contributed by atoms with E-state index >= 15 is 0 Å². The van der Waals surface area contributed by atoms with Crippen LogP contribution < -0.4 is 4.74 Å². The molecule has 2 aromatic carbocycles. The second kappa shape index (κ2) is 5.25. The summed E-state index contributed by atoms with van der Waals surface area (Å²) in [5.74, 6) is 0.638. The number of carbonyl (C=O) groups excluding carboxylic acids is 1. The van der Waals surface area contributed by atoms with E-state index in [1.165, 1.54) is 0 Å². The number of phenolic OH excluding ortho intramolecular Hbond substituents is 1. The van der Waals surface area contributed by atoms with Gasteiger partial charge in [0.25, 0.3) is 0 Å². The number of carbonyl (C=O) groups is 1. The van der Waals surface area contributed by atoms with E-state index in [4.69, 9.17) is 4.74 Å². The third-order valence-electron chi connectivity index (χ3n) is 3.29. The molecule has 0 atom stereocenters. The normalized spacial score (nSPS) is 15.1. The monoisotopic (exact) mass is 279 g/mol. The van der Waals surface area contributed by atoms with Crippen molar-refractivity contribution in [1.29, 1.82) is 0 Å². The molecule has 0 saturated carbocycles. The molecule has 21 heavy (non-hydrogen) atoms. The number of hydrogen-bond acceptors (Lipinski definition) is 4. The van der Waals surface area contributed by atoms with Gasteiger partial charge in [-0.3, -0.25) is 4.79 Å². The number of methoxy groups -OCH3 is 1. The minimum atomic E-state index is -0.195. The van der Waals surface area contributed by atoms with Crippen LogP contribution in [0.15, 0.2) is 53.5 Å². The lowest BCUT2D eigenvalue weighted by Gasteiger charge is -2.12. The van der Waals surface area contributed by atoms with Crippen molar-refractivity contribution in [3.63, 3.8) is 0 Å². The van der Waals surface area contributed by atoms with Crippen LogP contribution in [0.3, 0.4) is 0 Å². The van der Waals surface area contributed by atoms with Crippen molar-refractivity contribution in [1.82, 2.24) is 0 Å². The fourth-order valence-electron chi connectivity index (χ4n) is 2.19. The fraction of sp³-hybridized carbons (Fsp3) is 0.0588. The van der Waals surface area contributed by atoms with Gasteiger partial charge < -0.3 is 9.84 Å². The lowest BCUT2D eigenvalue weighted by molar-refractivity contribution is 0.106. The lowest BCUT2D eigenvalue weighted by atomic mass is 9.94. The standard InChI is InChI=1S/C17H13NO3/c1-21-12-7-5-11(6-8-12)18-15-10-9-13-14(17(15)20)3-2-4-16(13)19/h2-10,19H,1H3. The van der Waals surface area contributed by atoms with Crippen molar-refractivity contribution < 1.29 is 14.6 Å².